The fraction of sp³-hybridized carbons (Fsp3) is 0.192. The molecule has 11 nitrogen and oxygen atoms in total. The van der Waals surface area contributed by atoms with Gasteiger partial charge in [0.15, 0.2) is 5.65 Å². The van der Waals surface area contributed by atoms with E-state index in [0.717, 1.165) is 27.9 Å². The van der Waals surface area contributed by atoms with Crippen LogP contribution in [0, 0.1) is 6.92 Å². The van der Waals surface area contributed by atoms with Gasteiger partial charge in [-0.15, -0.1) is 0 Å². The molecule has 5 aromatic rings. The molecule has 11 heteroatoms. The van der Waals surface area contributed by atoms with E-state index in [4.69, 9.17) is 9.47 Å². The van der Waals surface area contributed by atoms with E-state index in [1.807, 2.05) is 55.5 Å². The normalized spacial score (nSPS) is 15.3. The number of anilines is 2. The number of nitrogens with zero attached hydrogens (tertiary/aromatic N) is 6. The Kier molecular flexibility index (Phi) is 5.64. The molecule has 0 radical (unpaired) electrons. The number of amides is 1. The molecular weight excluding hydrogens is 474 g/mol. The minimum atomic E-state index is -0.924. The van der Waals surface area contributed by atoms with Crippen molar-refractivity contribution in [3.05, 3.63) is 72.9 Å². The SMILES string of the molecule is Cc1cc(Nc2ncnc3ccc(OC4CCN(C(=O)O)C4)cc23)ccc1Oc1ccn2ncnc2c1. The average molecular weight is 498 g/mol. The lowest BCUT2D eigenvalue weighted by atomic mass is 10.2. The molecule has 1 fully saturated rings. The topological polar surface area (TPSA) is 127 Å². The molecule has 2 N–H and O–H groups in total. The molecule has 2 aromatic carbocycles. The number of carbonyl (C=O) groups is 1. The van der Waals surface area contributed by atoms with Crippen LogP contribution in [0.2, 0.25) is 0 Å². The largest absolute Gasteiger partial charge is 0.488 e. The van der Waals surface area contributed by atoms with Gasteiger partial charge in [-0.05, 0) is 55.0 Å². The van der Waals surface area contributed by atoms with E-state index >= 15 is 0 Å². The number of benzene rings is 2. The van der Waals surface area contributed by atoms with E-state index in [0.29, 0.717) is 42.5 Å². The van der Waals surface area contributed by atoms with Gasteiger partial charge in [0.1, 0.15) is 41.8 Å². The molecule has 1 saturated heterocycles. The molecular formula is C26H23N7O4. The number of hydrogen-bond donors (Lipinski definition) is 2. The summed E-state index contributed by atoms with van der Waals surface area (Å²) in [6.07, 6.45) is 4.36. The lowest BCUT2D eigenvalue weighted by Crippen LogP contribution is -2.29. The van der Waals surface area contributed by atoms with Gasteiger partial charge < -0.3 is 24.8 Å². The fourth-order valence-corrected chi connectivity index (χ4v) is 4.36. The molecule has 1 aliphatic rings. The third-order valence-corrected chi connectivity index (χ3v) is 6.24. The number of fused-ring (bicyclic) bond motifs is 2. The predicted molar refractivity (Wildman–Crippen MR) is 136 cm³/mol. The highest BCUT2D eigenvalue weighted by Crippen LogP contribution is 2.31. The van der Waals surface area contributed by atoms with Gasteiger partial charge in [0.05, 0.1) is 12.1 Å². The highest BCUT2D eigenvalue weighted by molar-refractivity contribution is 5.91. The number of aromatic nitrogens is 5. The van der Waals surface area contributed by atoms with Crippen molar-refractivity contribution < 1.29 is 19.4 Å². The molecule has 186 valence electrons. The van der Waals surface area contributed by atoms with Crippen LogP contribution >= 0.6 is 0 Å². The summed E-state index contributed by atoms with van der Waals surface area (Å²) in [5.74, 6) is 2.68. The highest BCUT2D eigenvalue weighted by Gasteiger charge is 2.27. The van der Waals surface area contributed by atoms with Gasteiger partial charge >= 0.3 is 6.09 Å². The summed E-state index contributed by atoms with van der Waals surface area (Å²) >= 11 is 0. The highest BCUT2D eigenvalue weighted by atomic mass is 16.5. The van der Waals surface area contributed by atoms with Gasteiger partial charge in [0.25, 0.3) is 0 Å². The van der Waals surface area contributed by atoms with Gasteiger partial charge in [-0.25, -0.2) is 24.3 Å². The molecule has 0 saturated carbocycles. The van der Waals surface area contributed by atoms with Crippen molar-refractivity contribution in [2.24, 2.45) is 0 Å². The van der Waals surface area contributed by atoms with E-state index < -0.39 is 6.09 Å². The van der Waals surface area contributed by atoms with E-state index in [2.05, 4.69) is 25.4 Å². The smallest absolute Gasteiger partial charge is 0.407 e. The summed E-state index contributed by atoms with van der Waals surface area (Å²) in [6, 6.07) is 15.1. The number of nitrogens with one attached hydrogen (secondary N) is 1. The number of carboxylic acid groups (broad SMARTS) is 1. The summed E-state index contributed by atoms with van der Waals surface area (Å²) in [4.78, 5) is 25.6. The van der Waals surface area contributed by atoms with Gasteiger partial charge in [0.2, 0.25) is 0 Å². The average Bonchev–Trinajstić information content (AvgIpc) is 3.55. The predicted octanol–water partition coefficient (Wildman–Crippen LogP) is 4.65. The van der Waals surface area contributed by atoms with Crippen LogP contribution in [0.4, 0.5) is 16.3 Å². The van der Waals surface area contributed by atoms with Crippen LogP contribution in [0.1, 0.15) is 12.0 Å². The zero-order valence-corrected chi connectivity index (χ0v) is 19.9. The maximum absolute atomic E-state index is 11.2. The van der Waals surface area contributed by atoms with Gasteiger partial charge in [-0.1, -0.05) is 0 Å². The van der Waals surface area contributed by atoms with Crippen LogP contribution in [0.25, 0.3) is 16.6 Å². The fourth-order valence-electron chi connectivity index (χ4n) is 4.36. The van der Waals surface area contributed by atoms with Crippen molar-refractivity contribution in [1.82, 2.24) is 29.5 Å². The summed E-state index contributed by atoms with van der Waals surface area (Å²) in [5, 5.41) is 17.5. The van der Waals surface area contributed by atoms with Crippen molar-refractivity contribution in [2.75, 3.05) is 18.4 Å². The molecule has 1 unspecified atom stereocenters. The molecule has 0 spiro atoms. The molecule has 0 aliphatic carbocycles. The van der Waals surface area contributed by atoms with Crippen molar-refractivity contribution in [1.29, 1.82) is 0 Å². The Labute approximate surface area is 211 Å². The minimum absolute atomic E-state index is 0.185. The second kappa shape index (κ2) is 9.26. The summed E-state index contributed by atoms with van der Waals surface area (Å²) in [6.45, 7) is 2.80. The number of ether oxygens (including phenoxy) is 2. The Bertz CT molecular complexity index is 1620. The third kappa shape index (κ3) is 4.66. The lowest BCUT2D eigenvalue weighted by Gasteiger charge is -2.16. The second-order valence-corrected chi connectivity index (χ2v) is 8.79. The van der Waals surface area contributed by atoms with Crippen molar-refractivity contribution in [3.8, 4) is 17.2 Å². The lowest BCUT2D eigenvalue weighted by molar-refractivity contribution is 0.145. The molecule has 1 aliphatic heterocycles. The molecule has 3 aromatic heterocycles. The summed E-state index contributed by atoms with van der Waals surface area (Å²) < 4.78 is 13.8. The monoisotopic (exact) mass is 497 g/mol. The van der Waals surface area contributed by atoms with E-state index in [1.54, 1.807) is 10.7 Å². The Morgan fingerprint density at radius 1 is 1.05 bits per heavy atom. The quantitative estimate of drug-likeness (QED) is 0.345. The Hall–Kier alpha value is -4.93. The standard InChI is InChI=1S/C26H23N7O4/c1-16-10-17(2-5-23(16)37-19-7-9-33-24(12-19)28-15-30-33)31-25-21-11-18(3-4-22(21)27-14-29-25)36-20-6-8-32(13-20)26(34)35/h2-5,7,9-12,14-15,20H,6,8,13H2,1H3,(H,34,35)(H,27,29,31). The number of hydrogen-bond acceptors (Lipinski definition) is 8. The van der Waals surface area contributed by atoms with Crippen LogP contribution in [-0.4, -0.2) is 59.9 Å². The van der Waals surface area contributed by atoms with E-state index in [1.165, 1.54) is 17.6 Å². The summed E-state index contributed by atoms with van der Waals surface area (Å²) in [5.41, 5.74) is 3.26. The first kappa shape index (κ1) is 22.5. The first-order chi connectivity index (χ1) is 18.0. The van der Waals surface area contributed by atoms with Crippen LogP contribution in [0.5, 0.6) is 17.2 Å². The first-order valence-corrected chi connectivity index (χ1v) is 11.8. The Morgan fingerprint density at radius 3 is 2.81 bits per heavy atom. The third-order valence-electron chi connectivity index (χ3n) is 6.24. The summed E-state index contributed by atoms with van der Waals surface area (Å²) in [7, 11) is 0. The molecule has 4 heterocycles. The van der Waals surface area contributed by atoms with Gasteiger partial charge in [-0.2, -0.15) is 5.10 Å². The second-order valence-electron chi connectivity index (χ2n) is 8.79. The number of rotatable bonds is 6. The van der Waals surface area contributed by atoms with Crippen LogP contribution in [-0.2, 0) is 0 Å². The zero-order valence-electron chi connectivity index (χ0n) is 19.9. The maximum Gasteiger partial charge on any atom is 0.407 e. The Morgan fingerprint density at radius 2 is 1.97 bits per heavy atom. The van der Waals surface area contributed by atoms with E-state index in [9.17, 15) is 9.90 Å². The zero-order chi connectivity index (χ0) is 25.4. The van der Waals surface area contributed by atoms with Crippen molar-refractivity contribution >= 4 is 34.1 Å². The first-order valence-electron chi connectivity index (χ1n) is 11.8. The minimum Gasteiger partial charge on any atom is -0.488 e. The number of likely N-dealkylation sites (tertiary alicyclic amines) is 1. The van der Waals surface area contributed by atoms with E-state index in [-0.39, 0.29) is 6.10 Å². The van der Waals surface area contributed by atoms with Crippen molar-refractivity contribution in [2.45, 2.75) is 19.4 Å². The maximum atomic E-state index is 11.2. The van der Waals surface area contributed by atoms with Gasteiger partial charge in [0, 0.05) is 36.3 Å². The van der Waals surface area contributed by atoms with Crippen LogP contribution in [0.15, 0.2) is 67.4 Å². The van der Waals surface area contributed by atoms with Crippen LogP contribution < -0.4 is 14.8 Å². The number of aryl methyl sites for hydroxylation is 1. The molecule has 0 bridgehead atoms. The van der Waals surface area contributed by atoms with Gasteiger partial charge in [-0.3, -0.25) is 0 Å². The molecule has 1 atom stereocenters. The van der Waals surface area contributed by atoms with Crippen LogP contribution in [0.3, 0.4) is 0 Å². The number of pyridine rings is 1. The molecule has 37 heavy (non-hydrogen) atoms. The molecule has 1 amide bonds. The Balaban J connectivity index is 1.20. The molecule has 6 rings (SSSR count). The van der Waals surface area contributed by atoms with Crippen molar-refractivity contribution in [3.63, 3.8) is 0 Å².